The molecule has 7 heteroatoms. The molecule has 123 valence electrons. The van der Waals surface area contributed by atoms with Gasteiger partial charge in [-0.25, -0.2) is 9.79 Å². The number of aliphatic carboxylic acids is 1. The van der Waals surface area contributed by atoms with Gasteiger partial charge in [0.2, 0.25) is 0 Å². The van der Waals surface area contributed by atoms with Gasteiger partial charge in [0, 0.05) is 0 Å². The van der Waals surface area contributed by atoms with Crippen molar-refractivity contribution in [2.24, 2.45) is 4.99 Å². The van der Waals surface area contributed by atoms with Crippen molar-refractivity contribution in [3.05, 3.63) is 29.3 Å². The summed E-state index contributed by atoms with van der Waals surface area (Å²) in [6, 6.07) is 6.05. The summed E-state index contributed by atoms with van der Waals surface area (Å²) < 4.78 is 0. The van der Waals surface area contributed by atoms with Gasteiger partial charge in [0.25, 0.3) is 0 Å². The van der Waals surface area contributed by atoms with Gasteiger partial charge in [0.15, 0.2) is 0 Å². The number of rotatable bonds is 4. The Morgan fingerprint density at radius 2 is 1.45 bits per heavy atom. The fourth-order valence-electron chi connectivity index (χ4n) is 1.86. The van der Waals surface area contributed by atoms with Crippen LogP contribution in [0.25, 0.3) is 0 Å². The second-order valence-electron chi connectivity index (χ2n) is 5.31. The zero-order valence-corrected chi connectivity index (χ0v) is 17.2. The molecule has 22 heavy (non-hydrogen) atoms. The third kappa shape index (κ3) is 7.98. The monoisotopic (exact) mass is 400 g/mol. The summed E-state index contributed by atoms with van der Waals surface area (Å²) in [6.07, 6.45) is 0. The van der Waals surface area contributed by atoms with E-state index in [9.17, 15) is 4.79 Å². The number of para-hydroxylation sites is 1. The normalized spacial score (nSPS) is 11.3. The summed E-state index contributed by atoms with van der Waals surface area (Å²) in [5.74, 6) is -0.323. The van der Waals surface area contributed by atoms with Gasteiger partial charge in [-0.05, 0) is 29.9 Å². The molecule has 0 aromatic heterocycles. The zero-order chi connectivity index (χ0) is 17.4. The van der Waals surface area contributed by atoms with Crippen LogP contribution in [0.15, 0.2) is 23.2 Å². The van der Waals surface area contributed by atoms with Gasteiger partial charge in [-0.15, -0.1) is 0 Å². The number of hydrogen-bond donors (Lipinski definition) is 1. The van der Waals surface area contributed by atoms with Crippen LogP contribution in [0.2, 0.25) is 0 Å². The fraction of sp³-hybridized carbons (Fsp3) is 0.467. The Kier molecular flexibility index (Phi) is 10.6. The number of carboxylic acids is 1. The van der Waals surface area contributed by atoms with Gasteiger partial charge >= 0.3 is 48.6 Å². The van der Waals surface area contributed by atoms with Gasteiger partial charge in [-0.1, -0.05) is 45.9 Å². The van der Waals surface area contributed by atoms with Crippen LogP contribution in [-0.4, -0.2) is 16.8 Å². The Morgan fingerprint density at radius 1 is 1.09 bits per heavy atom. The number of aliphatic imine (C=N–C) groups is 1. The summed E-state index contributed by atoms with van der Waals surface area (Å²) in [5.41, 5.74) is 3.15. The van der Waals surface area contributed by atoms with E-state index in [-0.39, 0.29) is 5.71 Å². The Balaban J connectivity index is 0.000000980. The first-order valence-corrected chi connectivity index (χ1v) is 13.3. The van der Waals surface area contributed by atoms with E-state index < -0.39 is 20.7 Å². The van der Waals surface area contributed by atoms with Crippen molar-refractivity contribution in [2.45, 2.75) is 46.5 Å². The number of hydrogen-bond acceptors (Lipinski definition) is 2. The second kappa shape index (κ2) is 10.7. The molecule has 0 saturated carbocycles. The average Bonchev–Trinajstić information content (AvgIpc) is 2.37. The van der Waals surface area contributed by atoms with Crippen molar-refractivity contribution in [2.75, 3.05) is 0 Å². The topological polar surface area (TPSA) is 49.7 Å². The Morgan fingerprint density at radius 3 is 1.73 bits per heavy atom. The van der Waals surface area contributed by atoms with E-state index in [0.717, 1.165) is 16.8 Å². The van der Waals surface area contributed by atoms with Crippen molar-refractivity contribution in [1.82, 2.24) is 0 Å². The van der Waals surface area contributed by atoms with Crippen molar-refractivity contribution in [3.8, 4) is 0 Å². The molecule has 1 rings (SSSR count). The number of carboxylic acid groups (broad SMARTS) is 1. The van der Waals surface area contributed by atoms with Crippen molar-refractivity contribution in [1.29, 1.82) is 0 Å². The molecule has 0 aliphatic heterocycles. The van der Waals surface area contributed by atoms with Crippen molar-refractivity contribution >= 4 is 45.3 Å². The minimum atomic E-state index is -1.92. The quantitative estimate of drug-likeness (QED) is 0.484. The molecule has 0 amide bonds. The van der Waals surface area contributed by atoms with Gasteiger partial charge in [-0.3, -0.25) is 0 Å². The first-order valence-electron chi connectivity index (χ1n) is 6.82. The van der Waals surface area contributed by atoms with Crippen LogP contribution in [0.5, 0.6) is 0 Å². The minimum absolute atomic E-state index is 0.130. The SMILES string of the molecule is CC(=Nc1c(C(C)C)cccc1C(C)C)C(=O)O.[Cl][Ti]([Cl])[Cl]. The van der Waals surface area contributed by atoms with Crippen LogP contribution >= 0.6 is 27.9 Å². The van der Waals surface area contributed by atoms with Crippen molar-refractivity contribution < 1.29 is 24.6 Å². The Bertz CT molecular complexity index is 503. The average molecular weight is 402 g/mol. The number of nitrogens with zero attached hydrogens (tertiary/aromatic N) is 1. The van der Waals surface area contributed by atoms with Gasteiger partial charge < -0.3 is 5.11 Å². The Hall–Kier alpha value is -0.0557. The molecule has 0 aliphatic rings. The molecule has 1 aromatic carbocycles. The third-order valence-corrected chi connectivity index (χ3v) is 2.93. The first kappa shape index (κ1) is 21.9. The maximum absolute atomic E-state index is 10.9. The first-order chi connectivity index (χ1) is 10.1. The molecular formula is C15H21Cl3NO2Ti. The molecule has 0 radical (unpaired) electrons. The van der Waals surface area contributed by atoms with Crippen LogP contribution in [0.1, 0.15) is 57.6 Å². The van der Waals surface area contributed by atoms with Crippen LogP contribution in [-0.2, 0) is 19.5 Å². The predicted molar refractivity (Wildman–Crippen MR) is 92.6 cm³/mol. The standard InChI is InChI=1S/C15H21NO2.3ClH.Ti/c1-9(2)12-7-6-8-13(10(3)4)14(12)16-11(5)15(17)18;;;;/h6-10H,1-5H3,(H,17,18);3*1H;/q;;;;+3/p-3. The van der Waals surface area contributed by atoms with E-state index in [4.69, 9.17) is 33.0 Å². The maximum atomic E-state index is 10.9. The molecule has 0 unspecified atom stereocenters. The summed E-state index contributed by atoms with van der Waals surface area (Å²) in [4.78, 5) is 15.3. The molecule has 0 spiro atoms. The van der Waals surface area contributed by atoms with Crippen LogP contribution in [0, 0.1) is 0 Å². The third-order valence-electron chi connectivity index (χ3n) is 2.93. The van der Waals surface area contributed by atoms with E-state index in [0.29, 0.717) is 11.8 Å². The van der Waals surface area contributed by atoms with Crippen LogP contribution in [0.4, 0.5) is 5.69 Å². The summed E-state index contributed by atoms with van der Waals surface area (Å²) in [7, 11) is 14.9. The fourth-order valence-corrected chi connectivity index (χ4v) is 1.86. The van der Waals surface area contributed by atoms with Gasteiger partial charge in [0.1, 0.15) is 5.71 Å². The Labute approximate surface area is 150 Å². The zero-order valence-electron chi connectivity index (χ0n) is 13.3. The molecule has 1 aromatic rings. The van der Waals surface area contributed by atoms with E-state index in [1.165, 1.54) is 6.92 Å². The van der Waals surface area contributed by atoms with E-state index in [1.54, 1.807) is 0 Å². The molecule has 0 aliphatic carbocycles. The summed E-state index contributed by atoms with van der Waals surface area (Å²) in [5, 5.41) is 8.97. The number of carbonyl (C=O) groups is 1. The molecule has 3 nitrogen and oxygen atoms in total. The van der Waals surface area contributed by atoms with E-state index in [1.807, 2.05) is 18.2 Å². The number of halogens is 3. The van der Waals surface area contributed by atoms with Crippen LogP contribution in [0.3, 0.4) is 0 Å². The molecule has 1 N–H and O–H groups in total. The molecule has 0 heterocycles. The second-order valence-corrected chi connectivity index (χ2v) is 13.0. The summed E-state index contributed by atoms with van der Waals surface area (Å²) >= 11 is -1.92. The molecule has 0 atom stereocenters. The molecular weight excluding hydrogens is 380 g/mol. The predicted octanol–water partition coefficient (Wildman–Crippen LogP) is 6.18. The molecule has 0 bridgehead atoms. The number of benzene rings is 1. The van der Waals surface area contributed by atoms with Crippen LogP contribution < -0.4 is 0 Å². The summed E-state index contributed by atoms with van der Waals surface area (Å²) in [6.45, 7) is 9.90. The van der Waals surface area contributed by atoms with Gasteiger partial charge in [0.05, 0.1) is 5.69 Å². The van der Waals surface area contributed by atoms with Gasteiger partial charge in [-0.2, -0.15) is 0 Å². The van der Waals surface area contributed by atoms with E-state index >= 15 is 0 Å². The molecule has 0 saturated heterocycles. The van der Waals surface area contributed by atoms with E-state index in [2.05, 4.69) is 32.7 Å². The van der Waals surface area contributed by atoms with Crippen molar-refractivity contribution in [3.63, 3.8) is 0 Å². The molecule has 0 fully saturated rings.